The molecule has 8 heteroatoms. The summed E-state index contributed by atoms with van der Waals surface area (Å²) in [5.41, 5.74) is 5.58. The van der Waals surface area contributed by atoms with Gasteiger partial charge in [-0.3, -0.25) is 20.4 Å². The first-order valence-electron chi connectivity index (χ1n) is 7.50. The number of hydrogen-bond donors (Lipinski definition) is 3. The van der Waals surface area contributed by atoms with Gasteiger partial charge < -0.3 is 5.32 Å². The largest absolute Gasteiger partial charge is 0.332 e. The Balaban J connectivity index is 1.81. The third-order valence-corrected chi connectivity index (χ3v) is 4.25. The lowest BCUT2D eigenvalue weighted by molar-refractivity contribution is -0.682. The molecule has 0 unspecified atom stereocenters. The maximum atomic E-state index is 13.2. The fourth-order valence-corrected chi connectivity index (χ4v) is 2.57. The Hall–Kier alpha value is -2.32. The Labute approximate surface area is 151 Å². The van der Waals surface area contributed by atoms with Crippen molar-refractivity contribution < 1.29 is 23.7 Å². The lowest BCUT2D eigenvalue weighted by Crippen LogP contribution is -2.87. The SMILES string of the molecule is C[C@H]([NH2+]CC(=O)NNC(=O)c1ccccc1Br)c1ccc(F)c(F)c1. The van der Waals surface area contributed by atoms with Gasteiger partial charge in [0.25, 0.3) is 11.8 Å². The molecule has 2 aromatic rings. The highest BCUT2D eigenvalue weighted by molar-refractivity contribution is 9.10. The standard InChI is InChI=1S/C17H16BrF2N3O2/c1-10(11-6-7-14(19)15(20)8-11)21-9-16(24)22-23-17(25)12-4-2-3-5-13(12)18/h2-8,10,21H,9H2,1H3,(H,22,24)(H,23,25)/p+1/t10-/m0/s1. The molecular weight excluding hydrogens is 396 g/mol. The third-order valence-electron chi connectivity index (χ3n) is 3.56. The van der Waals surface area contributed by atoms with Gasteiger partial charge in [-0.15, -0.1) is 0 Å². The van der Waals surface area contributed by atoms with Crippen molar-refractivity contribution in [3.63, 3.8) is 0 Å². The van der Waals surface area contributed by atoms with E-state index in [1.807, 2.05) is 0 Å². The minimum atomic E-state index is -0.928. The minimum Gasteiger partial charge on any atom is -0.332 e. The molecule has 0 bridgehead atoms. The molecule has 0 aliphatic carbocycles. The fraction of sp³-hybridized carbons (Fsp3) is 0.176. The molecule has 0 aliphatic heterocycles. The quantitative estimate of drug-likeness (QED) is 0.655. The zero-order valence-corrected chi connectivity index (χ0v) is 14.9. The van der Waals surface area contributed by atoms with Crippen molar-refractivity contribution in [2.45, 2.75) is 13.0 Å². The van der Waals surface area contributed by atoms with Gasteiger partial charge in [0.1, 0.15) is 6.04 Å². The van der Waals surface area contributed by atoms with E-state index >= 15 is 0 Å². The van der Waals surface area contributed by atoms with Gasteiger partial charge >= 0.3 is 0 Å². The molecule has 0 aromatic heterocycles. The maximum Gasteiger partial charge on any atom is 0.293 e. The third kappa shape index (κ3) is 5.33. The summed E-state index contributed by atoms with van der Waals surface area (Å²) in [5, 5.41) is 1.65. The van der Waals surface area contributed by atoms with E-state index in [-0.39, 0.29) is 12.6 Å². The monoisotopic (exact) mass is 412 g/mol. The highest BCUT2D eigenvalue weighted by atomic mass is 79.9. The van der Waals surface area contributed by atoms with E-state index in [9.17, 15) is 18.4 Å². The molecule has 0 radical (unpaired) electrons. The van der Waals surface area contributed by atoms with Gasteiger partial charge in [0.2, 0.25) is 0 Å². The van der Waals surface area contributed by atoms with Crippen LogP contribution in [0.25, 0.3) is 0 Å². The first-order valence-corrected chi connectivity index (χ1v) is 8.29. The van der Waals surface area contributed by atoms with Crippen LogP contribution in [0.4, 0.5) is 8.78 Å². The van der Waals surface area contributed by atoms with E-state index in [1.54, 1.807) is 36.5 Å². The fourth-order valence-electron chi connectivity index (χ4n) is 2.11. The molecule has 2 aromatic carbocycles. The molecule has 0 saturated heterocycles. The zero-order chi connectivity index (χ0) is 18.4. The van der Waals surface area contributed by atoms with Crippen LogP contribution in [0, 0.1) is 11.6 Å². The molecule has 2 amide bonds. The van der Waals surface area contributed by atoms with Gasteiger partial charge in [0.15, 0.2) is 18.2 Å². The van der Waals surface area contributed by atoms with E-state index < -0.39 is 23.4 Å². The second-order valence-corrected chi connectivity index (χ2v) is 6.24. The van der Waals surface area contributed by atoms with Gasteiger partial charge in [-0.2, -0.15) is 0 Å². The number of nitrogens with two attached hydrogens (primary N) is 1. The van der Waals surface area contributed by atoms with Crippen LogP contribution in [0.1, 0.15) is 28.9 Å². The molecule has 25 heavy (non-hydrogen) atoms. The molecule has 5 nitrogen and oxygen atoms in total. The summed E-state index contributed by atoms with van der Waals surface area (Å²) in [6, 6.07) is 10.2. The molecule has 0 aliphatic rings. The summed E-state index contributed by atoms with van der Waals surface area (Å²) in [5.74, 6) is -2.71. The van der Waals surface area contributed by atoms with Gasteiger partial charge in [0, 0.05) is 10.0 Å². The smallest absolute Gasteiger partial charge is 0.293 e. The van der Waals surface area contributed by atoms with Crippen LogP contribution in [0.3, 0.4) is 0 Å². The molecule has 0 fully saturated rings. The van der Waals surface area contributed by atoms with Gasteiger partial charge in [-0.1, -0.05) is 12.1 Å². The Kier molecular flexibility index (Phi) is 6.60. The van der Waals surface area contributed by atoms with Crippen LogP contribution in [0.2, 0.25) is 0 Å². The number of amides is 2. The number of carbonyl (C=O) groups is 2. The Morgan fingerprint density at radius 1 is 1.12 bits per heavy atom. The molecule has 0 saturated carbocycles. The predicted octanol–water partition coefficient (Wildman–Crippen LogP) is 1.81. The Morgan fingerprint density at radius 3 is 2.52 bits per heavy atom. The summed E-state index contributed by atoms with van der Waals surface area (Å²) < 4.78 is 26.8. The highest BCUT2D eigenvalue weighted by Gasteiger charge is 2.15. The summed E-state index contributed by atoms with van der Waals surface area (Å²) >= 11 is 3.25. The number of carbonyl (C=O) groups excluding carboxylic acids is 2. The molecule has 0 spiro atoms. The Morgan fingerprint density at radius 2 is 1.84 bits per heavy atom. The molecule has 132 valence electrons. The van der Waals surface area contributed by atoms with E-state index in [0.717, 1.165) is 12.1 Å². The summed E-state index contributed by atoms with van der Waals surface area (Å²) in [6.45, 7) is 1.77. The molecule has 0 heterocycles. The normalized spacial score (nSPS) is 11.7. The summed E-state index contributed by atoms with van der Waals surface area (Å²) in [7, 11) is 0. The number of rotatable bonds is 5. The topological polar surface area (TPSA) is 74.8 Å². The van der Waals surface area contributed by atoms with Crippen LogP contribution >= 0.6 is 15.9 Å². The number of nitrogens with one attached hydrogen (secondary N) is 2. The van der Waals surface area contributed by atoms with Crippen molar-refractivity contribution in [2.24, 2.45) is 0 Å². The van der Waals surface area contributed by atoms with E-state index in [4.69, 9.17) is 0 Å². The maximum absolute atomic E-state index is 13.2. The number of hydrazine groups is 1. The van der Waals surface area contributed by atoms with E-state index in [0.29, 0.717) is 15.6 Å². The molecule has 1 atom stereocenters. The van der Waals surface area contributed by atoms with Crippen LogP contribution in [-0.4, -0.2) is 18.4 Å². The number of quaternary nitrogens is 1. The molecule has 4 N–H and O–H groups in total. The van der Waals surface area contributed by atoms with Crippen molar-refractivity contribution in [1.29, 1.82) is 0 Å². The van der Waals surface area contributed by atoms with Crippen molar-refractivity contribution in [1.82, 2.24) is 10.9 Å². The Bertz CT molecular complexity index is 786. The summed E-state index contributed by atoms with van der Waals surface area (Å²) in [4.78, 5) is 23.8. The van der Waals surface area contributed by atoms with Crippen LogP contribution < -0.4 is 16.2 Å². The highest BCUT2D eigenvalue weighted by Crippen LogP contribution is 2.15. The van der Waals surface area contributed by atoms with Crippen molar-refractivity contribution >= 4 is 27.7 Å². The van der Waals surface area contributed by atoms with Crippen molar-refractivity contribution in [2.75, 3.05) is 6.54 Å². The number of halogens is 3. The number of hydrogen-bond acceptors (Lipinski definition) is 2. The van der Waals surface area contributed by atoms with Crippen LogP contribution in [0.15, 0.2) is 46.9 Å². The molecule has 2 rings (SSSR count). The zero-order valence-electron chi connectivity index (χ0n) is 13.4. The first kappa shape index (κ1) is 19.0. The lowest BCUT2D eigenvalue weighted by Gasteiger charge is -2.12. The van der Waals surface area contributed by atoms with Gasteiger partial charge in [-0.25, -0.2) is 8.78 Å². The van der Waals surface area contributed by atoms with E-state index in [2.05, 4.69) is 26.8 Å². The second-order valence-electron chi connectivity index (χ2n) is 5.38. The van der Waals surface area contributed by atoms with Gasteiger partial charge in [-0.05, 0) is 53.2 Å². The molecular formula is C17H17BrF2N3O2+. The van der Waals surface area contributed by atoms with Crippen molar-refractivity contribution in [3.05, 3.63) is 69.7 Å². The lowest BCUT2D eigenvalue weighted by atomic mass is 10.1. The van der Waals surface area contributed by atoms with Crippen molar-refractivity contribution in [3.8, 4) is 0 Å². The first-order chi connectivity index (χ1) is 11.9. The summed E-state index contributed by atoms with van der Waals surface area (Å²) in [6.07, 6.45) is 0. The minimum absolute atomic E-state index is 0.0103. The van der Waals surface area contributed by atoms with Crippen LogP contribution in [0.5, 0.6) is 0 Å². The van der Waals surface area contributed by atoms with Gasteiger partial charge in [0.05, 0.1) is 5.56 Å². The van der Waals surface area contributed by atoms with Crippen LogP contribution in [-0.2, 0) is 4.79 Å². The average Bonchev–Trinajstić information content (AvgIpc) is 2.60. The second kappa shape index (κ2) is 8.68. The average molecular weight is 413 g/mol. The number of benzene rings is 2. The van der Waals surface area contributed by atoms with E-state index in [1.165, 1.54) is 6.07 Å². The predicted molar refractivity (Wildman–Crippen MR) is 91.3 cm³/mol.